The summed E-state index contributed by atoms with van der Waals surface area (Å²) in [5.74, 6) is 1.32. The summed E-state index contributed by atoms with van der Waals surface area (Å²) in [4.78, 5) is 7.49. The zero-order valence-corrected chi connectivity index (χ0v) is 9.54. The smallest absolute Gasteiger partial charge is 0.224 e. The minimum atomic E-state index is -0.424. The van der Waals surface area contributed by atoms with Crippen molar-refractivity contribution < 1.29 is 4.39 Å². The van der Waals surface area contributed by atoms with Gasteiger partial charge in [-0.15, -0.1) is 0 Å². The van der Waals surface area contributed by atoms with Crippen LogP contribution in [-0.4, -0.2) is 16.0 Å². The average Bonchev–Trinajstić information content (AvgIpc) is 2.85. The van der Waals surface area contributed by atoms with Crippen LogP contribution in [0, 0.1) is 17.7 Å². The highest BCUT2D eigenvalue weighted by Gasteiger charge is 2.39. The van der Waals surface area contributed by atoms with Crippen molar-refractivity contribution in [1.29, 1.82) is 0 Å². The normalized spacial score (nSPS) is 32.0. The lowest BCUT2D eigenvalue weighted by Gasteiger charge is -2.23. The molecule has 2 bridgehead atoms. The summed E-state index contributed by atoms with van der Waals surface area (Å²) in [5.41, 5.74) is 0. The third-order valence-electron chi connectivity index (χ3n) is 3.77. The van der Waals surface area contributed by atoms with Gasteiger partial charge < -0.3 is 5.32 Å². The monoisotopic (exact) mass is 241 g/mol. The zero-order chi connectivity index (χ0) is 11.1. The number of hydrogen-bond acceptors (Lipinski definition) is 3. The van der Waals surface area contributed by atoms with E-state index in [1.807, 2.05) is 0 Å². The standard InChI is InChI=1S/C11H13ClFN3/c12-11-14-5-8(13)10(16-11)15-9-4-6-1-2-7(9)3-6/h5-7,9H,1-4H2,(H,14,15,16). The Morgan fingerprint density at radius 2 is 2.25 bits per heavy atom. The van der Waals surface area contributed by atoms with Crippen molar-refractivity contribution in [3.05, 3.63) is 17.3 Å². The van der Waals surface area contributed by atoms with Gasteiger partial charge in [-0.3, -0.25) is 0 Å². The van der Waals surface area contributed by atoms with Crippen molar-refractivity contribution >= 4 is 17.4 Å². The van der Waals surface area contributed by atoms with Gasteiger partial charge in [0.2, 0.25) is 5.28 Å². The van der Waals surface area contributed by atoms with E-state index >= 15 is 0 Å². The Morgan fingerprint density at radius 1 is 1.38 bits per heavy atom. The molecule has 0 amide bonds. The lowest BCUT2D eigenvalue weighted by molar-refractivity contribution is 0.436. The summed E-state index contributed by atoms with van der Waals surface area (Å²) < 4.78 is 13.4. The molecule has 2 saturated carbocycles. The van der Waals surface area contributed by atoms with Crippen molar-refractivity contribution in [3.8, 4) is 0 Å². The number of nitrogens with zero attached hydrogens (tertiary/aromatic N) is 2. The summed E-state index contributed by atoms with van der Waals surface area (Å²) in [5, 5.41) is 3.26. The van der Waals surface area contributed by atoms with Crippen molar-refractivity contribution in [2.45, 2.75) is 31.7 Å². The van der Waals surface area contributed by atoms with Crippen LogP contribution < -0.4 is 5.32 Å². The van der Waals surface area contributed by atoms with Crippen LogP contribution in [0.3, 0.4) is 0 Å². The highest BCUT2D eigenvalue weighted by molar-refractivity contribution is 6.28. The molecule has 0 aromatic carbocycles. The van der Waals surface area contributed by atoms with Gasteiger partial charge in [-0.25, -0.2) is 9.37 Å². The molecule has 5 heteroatoms. The lowest BCUT2D eigenvalue weighted by Crippen LogP contribution is -2.27. The maximum Gasteiger partial charge on any atom is 0.224 e. The van der Waals surface area contributed by atoms with Gasteiger partial charge >= 0.3 is 0 Å². The molecule has 0 spiro atoms. The fourth-order valence-corrected chi connectivity index (χ4v) is 3.18. The minimum absolute atomic E-state index is 0.0899. The van der Waals surface area contributed by atoms with E-state index in [4.69, 9.17) is 11.6 Å². The van der Waals surface area contributed by atoms with Crippen LogP contribution in [-0.2, 0) is 0 Å². The van der Waals surface area contributed by atoms with Crippen LogP contribution in [0.1, 0.15) is 25.7 Å². The van der Waals surface area contributed by atoms with Crippen LogP contribution in [0.25, 0.3) is 0 Å². The second-order valence-electron chi connectivity index (χ2n) is 4.76. The number of fused-ring (bicyclic) bond motifs is 2. The zero-order valence-electron chi connectivity index (χ0n) is 8.79. The minimum Gasteiger partial charge on any atom is -0.364 e. The molecule has 3 unspecified atom stereocenters. The Labute approximate surface area is 98.4 Å². The molecular formula is C11H13ClFN3. The third-order valence-corrected chi connectivity index (χ3v) is 3.96. The first-order chi connectivity index (χ1) is 7.72. The molecule has 86 valence electrons. The Morgan fingerprint density at radius 3 is 2.94 bits per heavy atom. The molecule has 2 fully saturated rings. The Balaban J connectivity index is 1.76. The van der Waals surface area contributed by atoms with Gasteiger partial charge in [0.05, 0.1) is 6.20 Å². The van der Waals surface area contributed by atoms with E-state index < -0.39 is 5.82 Å². The summed E-state index contributed by atoms with van der Waals surface area (Å²) in [6, 6.07) is 0.360. The van der Waals surface area contributed by atoms with Crippen LogP contribution >= 0.6 is 11.6 Å². The van der Waals surface area contributed by atoms with Crippen molar-refractivity contribution in [2.24, 2.45) is 11.8 Å². The Kier molecular flexibility index (Phi) is 2.46. The largest absolute Gasteiger partial charge is 0.364 e. The molecule has 0 saturated heterocycles. The molecule has 2 aliphatic carbocycles. The Bertz CT molecular complexity index is 412. The van der Waals surface area contributed by atoms with E-state index in [2.05, 4.69) is 15.3 Å². The summed E-state index contributed by atoms with van der Waals surface area (Å²) >= 11 is 5.65. The SMILES string of the molecule is Fc1cnc(Cl)nc1NC1CC2CCC1C2. The first kappa shape index (κ1) is 10.3. The van der Waals surface area contributed by atoms with E-state index in [1.54, 1.807) is 0 Å². The van der Waals surface area contributed by atoms with E-state index in [0.717, 1.165) is 18.5 Å². The summed E-state index contributed by atoms with van der Waals surface area (Å²) in [6.07, 6.45) is 6.10. The van der Waals surface area contributed by atoms with Crippen LogP contribution in [0.2, 0.25) is 5.28 Å². The highest BCUT2D eigenvalue weighted by atomic mass is 35.5. The molecule has 1 heterocycles. The fraction of sp³-hybridized carbons (Fsp3) is 0.636. The molecule has 16 heavy (non-hydrogen) atoms. The van der Waals surface area contributed by atoms with E-state index in [1.165, 1.54) is 19.3 Å². The van der Waals surface area contributed by atoms with Gasteiger partial charge in [-0.2, -0.15) is 4.98 Å². The van der Waals surface area contributed by atoms with Crippen LogP contribution in [0.5, 0.6) is 0 Å². The van der Waals surface area contributed by atoms with Crippen LogP contribution in [0.15, 0.2) is 6.20 Å². The van der Waals surface area contributed by atoms with Gasteiger partial charge in [0, 0.05) is 6.04 Å². The highest BCUT2D eigenvalue weighted by Crippen LogP contribution is 2.45. The first-order valence-electron chi connectivity index (χ1n) is 5.67. The van der Waals surface area contributed by atoms with Gasteiger partial charge in [-0.05, 0) is 42.7 Å². The number of aromatic nitrogens is 2. The molecule has 1 aromatic rings. The second kappa shape index (κ2) is 3.84. The van der Waals surface area contributed by atoms with Crippen molar-refractivity contribution in [1.82, 2.24) is 9.97 Å². The summed E-state index contributed by atoms with van der Waals surface area (Å²) in [7, 11) is 0. The molecule has 1 N–H and O–H groups in total. The van der Waals surface area contributed by atoms with E-state index in [0.29, 0.717) is 12.0 Å². The lowest BCUT2D eigenvalue weighted by atomic mass is 9.95. The quantitative estimate of drug-likeness (QED) is 0.809. The number of halogens is 2. The fourth-order valence-electron chi connectivity index (χ4n) is 3.04. The van der Waals surface area contributed by atoms with Gasteiger partial charge in [0.15, 0.2) is 11.6 Å². The number of nitrogens with one attached hydrogen (secondary N) is 1. The molecule has 1 aromatic heterocycles. The van der Waals surface area contributed by atoms with Gasteiger partial charge in [0.25, 0.3) is 0 Å². The molecule has 3 nitrogen and oxygen atoms in total. The van der Waals surface area contributed by atoms with E-state index in [-0.39, 0.29) is 11.1 Å². The van der Waals surface area contributed by atoms with Crippen molar-refractivity contribution in [3.63, 3.8) is 0 Å². The molecular weight excluding hydrogens is 229 g/mol. The number of hydrogen-bond donors (Lipinski definition) is 1. The predicted octanol–water partition coefficient (Wildman–Crippen LogP) is 2.87. The number of rotatable bonds is 2. The molecule has 0 radical (unpaired) electrons. The molecule has 3 rings (SSSR count). The van der Waals surface area contributed by atoms with E-state index in [9.17, 15) is 4.39 Å². The van der Waals surface area contributed by atoms with Gasteiger partial charge in [-0.1, -0.05) is 6.42 Å². The third kappa shape index (κ3) is 1.75. The maximum absolute atomic E-state index is 13.4. The number of anilines is 1. The Hall–Kier alpha value is -0.900. The van der Waals surface area contributed by atoms with Crippen LogP contribution in [0.4, 0.5) is 10.2 Å². The second-order valence-corrected chi connectivity index (χ2v) is 5.10. The van der Waals surface area contributed by atoms with Crippen molar-refractivity contribution in [2.75, 3.05) is 5.32 Å². The maximum atomic E-state index is 13.4. The first-order valence-corrected chi connectivity index (χ1v) is 6.05. The molecule has 2 aliphatic rings. The summed E-state index contributed by atoms with van der Waals surface area (Å²) in [6.45, 7) is 0. The average molecular weight is 242 g/mol. The molecule has 3 atom stereocenters. The predicted molar refractivity (Wildman–Crippen MR) is 59.9 cm³/mol. The van der Waals surface area contributed by atoms with Gasteiger partial charge in [0.1, 0.15) is 0 Å². The topological polar surface area (TPSA) is 37.8 Å². The molecule has 0 aliphatic heterocycles.